The number of carbonyl (C=O) groups is 1. The van der Waals surface area contributed by atoms with Crippen LogP contribution in [0, 0.1) is 12.7 Å². The number of nitrogens with zero attached hydrogens (tertiary/aromatic N) is 2. The third-order valence-corrected chi connectivity index (χ3v) is 5.79. The van der Waals surface area contributed by atoms with Crippen molar-refractivity contribution < 1.29 is 32.2 Å². The number of carbonyl (C=O) groups excluding carboxylic acids is 1. The molecule has 0 spiro atoms. The van der Waals surface area contributed by atoms with Crippen molar-refractivity contribution in [3.05, 3.63) is 71.8 Å². The van der Waals surface area contributed by atoms with Crippen molar-refractivity contribution >= 4 is 22.5 Å². The number of rotatable bonds is 9. The summed E-state index contributed by atoms with van der Waals surface area (Å²) in [5.74, 6) is -1.52. The SMILES string of the molecule is CCCC(=O)c1ccc(-n2cnc3c(NCCC(F)(F)F)cc(Oc4cccc(F)c4O)cc32)cc1C. The van der Waals surface area contributed by atoms with E-state index in [1.807, 2.05) is 19.9 Å². The normalized spacial score (nSPS) is 11.6. The first-order valence-corrected chi connectivity index (χ1v) is 11.7. The number of halogens is 4. The third-order valence-electron chi connectivity index (χ3n) is 5.79. The highest BCUT2D eigenvalue weighted by molar-refractivity contribution is 5.98. The third kappa shape index (κ3) is 5.84. The van der Waals surface area contributed by atoms with Crippen molar-refractivity contribution in [3.63, 3.8) is 0 Å². The maximum Gasteiger partial charge on any atom is 0.390 e. The summed E-state index contributed by atoms with van der Waals surface area (Å²) in [4.78, 5) is 16.8. The van der Waals surface area contributed by atoms with E-state index >= 15 is 0 Å². The largest absolute Gasteiger partial charge is 0.502 e. The van der Waals surface area contributed by atoms with Gasteiger partial charge in [0.25, 0.3) is 0 Å². The number of nitrogens with one attached hydrogen (secondary N) is 1. The van der Waals surface area contributed by atoms with Gasteiger partial charge in [-0.15, -0.1) is 0 Å². The topological polar surface area (TPSA) is 76.4 Å². The van der Waals surface area contributed by atoms with Gasteiger partial charge in [0.2, 0.25) is 0 Å². The van der Waals surface area contributed by atoms with Crippen LogP contribution >= 0.6 is 0 Å². The summed E-state index contributed by atoms with van der Waals surface area (Å²) in [6.07, 6.45) is -2.71. The molecule has 0 aliphatic rings. The van der Waals surface area contributed by atoms with Crippen molar-refractivity contribution in [1.29, 1.82) is 0 Å². The molecule has 0 amide bonds. The highest BCUT2D eigenvalue weighted by Gasteiger charge is 2.26. The molecule has 0 saturated carbocycles. The number of alkyl halides is 3. The van der Waals surface area contributed by atoms with Gasteiger partial charge in [-0.25, -0.2) is 9.37 Å². The van der Waals surface area contributed by atoms with Crippen LogP contribution in [0.2, 0.25) is 0 Å². The van der Waals surface area contributed by atoms with Gasteiger partial charge in [-0.3, -0.25) is 9.36 Å². The van der Waals surface area contributed by atoms with Crippen molar-refractivity contribution in [2.75, 3.05) is 11.9 Å². The second kappa shape index (κ2) is 10.5. The fourth-order valence-corrected chi connectivity index (χ4v) is 4.01. The molecule has 0 radical (unpaired) electrons. The van der Waals surface area contributed by atoms with E-state index in [0.717, 1.165) is 18.1 Å². The van der Waals surface area contributed by atoms with E-state index in [2.05, 4.69) is 10.3 Å². The number of phenols is 1. The van der Waals surface area contributed by atoms with Crippen molar-refractivity contribution in [2.45, 2.75) is 39.3 Å². The molecule has 4 aromatic rings. The second-order valence-electron chi connectivity index (χ2n) is 8.61. The van der Waals surface area contributed by atoms with Crippen LogP contribution in [0.3, 0.4) is 0 Å². The molecule has 4 rings (SSSR count). The number of anilines is 1. The number of aromatic hydroxyl groups is 1. The zero-order chi connectivity index (χ0) is 26.7. The van der Waals surface area contributed by atoms with Gasteiger partial charge in [-0.1, -0.05) is 13.0 Å². The number of ketones is 1. The molecule has 10 heteroatoms. The molecule has 0 aliphatic carbocycles. The van der Waals surface area contributed by atoms with Crippen molar-refractivity contribution in [3.8, 4) is 22.9 Å². The highest BCUT2D eigenvalue weighted by Crippen LogP contribution is 2.37. The second-order valence-corrected chi connectivity index (χ2v) is 8.61. The molecule has 6 nitrogen and oxygen atoms in total. The van der Waals surface area contributed by atoms with E-state index in [4.69, 9.17) is 4.74 Å². The van der Waals surface area contributed by atoms with E-state index < -0.39 is 30.7 Å². The monoisotopic (exact) mass is 515 g/mol. The number of benzene rings is 3. The van der Waals surface area contributed by atoms with Gasteiger partial charge >= 0.3 is 6.18 Å². The molecule has 0 bridgehead atoms. The number of para-hydroxylation sites is 1. The van der Waals surface area contributed by atoms with Gasteiger partial charge in [0.15, 0.2) is 23.1 Å². The minimum absolute atomic E-state index is 0.0452. The number of ether oxygens (including phenoxy) is 1. The summed E-state index contributed by atoms with van der Waals surface area (Å²) in [5.41, 5.74) is 3.24. The summed E-state index contributed by atoms with van der Waals surface area (Å²) < 4.78 is 59.5. The quantitative estimate of drug-likeness (QED) is 0.180. The Morgan fingerprint density at radius 2 is 1.95 bits per heavy atom. The maximum absolute atomic E-state index is 13.8. The molecule has 0 fully saturated rings. The standard InChI is InChI=1S/C27H25F4N3O3/c1-3-5-23(35)19-9-8-17(12-16(19)2)34-15-33-25-21(32-11-10-27(29,30)31)13-18(14-22(25)34)37-24-7-4-6-20(28)26(24)36/h4,6-9,12-15,32,36H,3,5,10-11H2,1-2H3. The average molecular weight is 516 g/mol. The first kappa shape index (κ1) is 26.0. The molecule has 37 heavy (non-hydrogen) atoms. The Balaban J connectivity index is 1.77. The number of imidazole rings is 1. The van der Waals surface area contributed by atoms with Crippen LogP contribution in [0.25, 0.3) is 16.7 Å². The summed E-state index contributed by atoms with van der Waals surface area (Å²) in [6.45, 7) is 3.37. The Morgan fingerprint density at radius 3 is 2.65 bits per heavy atom. The van der Waals surface area contributed by atoms with Gasteiger partial charge in [-0.2, -0.15) is 13.2 Å². The number of aryl methyl sites for hydroxylation is 1. The lowest BCUT2D eigenvalue weighted by atomic mass is 10.0. The van der Waals surface area contributed by atoms with Crippen LogP contribution in [-0.2, 0) is 0 Å². The highest BCUT2D eigenvalue weighted by atomic mass is 19.4. The van der Waals surface area contributed by atoms with Crippen LogP contribution in [0.5, 0.6) is 17.2 Å². The molecule has 1 heterocycles. The molecule has 0 aliphatic heterocycles. The molecule has 194 valence electrons. The van der Waals surface area contributed by atoms with Crippen molar-refractivity contribution in [2.24, 2.45) is 0 Å². The molecule has 0 unspecified atom stereocenters. The van der Waals surface area contributed by atoms with Crippen LogP contribution in [0.15, 0.2) is 54.9 Å². The zero-order valence-corrected chi connectivity index (χ0v) is 20.2. The predicted octanol–water partition coefficient (Wildman–Crippen LogP) is 7.32. The zero-order valence-electron chi connectivity index (χ0n) is 20.2. The molecular formula is C27H25F4N3O3. The molecule has 0 atom stereocenters. The van der Waals surface area contributed by atoms with Crippen molar-refractivity contribution in [1.82, 2.24) is 9.55 Å². The van der Waals surface area contributed by atoms with E-state index in [0.29, 0.717) is 28.7 Å². The van der Waals surface area contributed by atoms with Crippen LogP contribution in [-0.4, -0.2) is 33.2 Å². The molecule has 3 aromatic carbocycles. The number of hydrogen-bond acceptors (Lipinski definition) is 5. The Kier molecular flexibility index (Phi) is 7.37. The van der Waals surface area contributed by atoms with E-state index in [9.17, 15) is 27.5 Å². The molecule has 2 N–H and O–H groups in total. The predicted molar refractivity (Wildman–Crippen MR) is 132 cm³/mol. The summed E-state index contributed by atoms with van der Waals surface area (Å²) in [6, 6.07) is 12.2. The van der Waals surface area contributed by atoms with Gasteiger partial charge in [0, 0.05) is 36.3 Å². The van der Waals surface area contributed by atoms with Crippen LogP contribution < -0.4 is 10.1 Å². The first-order chi connectivity index (χ1) is 17.6. The Labute approximate surface area is 210 Å². The van der Waals surface area contributed by atoms with E-state index in [1.54, 1.807) is 22.8 Å². The fourth-order valence-electron chi connectivity index (χ4n) is 4.01. The van der Waals surface area contributed by atoms with Gasteiger partial charge in [0.05, 0.1) is 17.6 Å². The van der Waals surface area contributed by atoms with E-state index in [1.165, 1.54) is 24.5 Å². The van der Waals surface area contributed by atoms with Crippen LogP contribution in [0.1, 0.15) is 42.1 Å². The minimum atomic E-state index is -4.35. The Morgan fingerprint density at radius 1 is 1.16 bits per heavy atom. The number of aromatic nitrogens is 2. The number of phenolic OH excluding ortho intramolecular Hbond substituents is 1. The Bertz CT molecular complexity index is 1450. The minimum Gasteiger partial charge on any atom is -0.502 e. The smallest absolute Gasteiger partial charge is 0.390 e. The first-order valence-electron chi connectivity index (χ1n) is 11.7. The number of Topliss-reactive ketones (excluding diaryl/α,β-unsaturated/α-hetero) is 1. The lowest BCUT2D eigenvalue weighted by molar-refractivity contribution is -0.131. The van der Waals surface area contributed by atoms with E-state index in [-0.39, 0.29) is 23.0 Å². The van der Waals surface area contributed by atoms with Gasteiger partial charge in [0.1, 0.15) is 17.6 Å². The lowest BCUT2D eigenvalue weighted by Gasteiger charge is -2.14. The summed E-state index contributed by atoms with van der Waals surface area (Å²) in [5, 5.41) is 12.8. The number of hydrogen-bond donors (Lipinski definition) is 2. The maximum atomic E-state index is 13.8. The van der Waals surface area contributed by atoms with Crippen LogP contribution in [0.4, 0.5) is 23.2 Å². The van der Waals surface area contributed by atoms with Gasteiger partial charge < -0.3 is 15.2 Å². The Hall–Kier alpha value is -4.08. The fraction of sp³-hybridized carbons (Fsp3) is 0.259. The average Bonchev–Trinajstić information content (AvgIpc) is 3.25. The lowest BCUT2D eigenvalue weighted by Crippen LogP contribution is -2.14. The number of fused-ring (bicyclic) bond motifs is 1. The molecule has 1 aromatic heterocycles. The summed E-state index contributed by atoms with van der Waals surface area (Å²) >= 11 is 0. The molecular weight excluding hydrogens is 490 g/mol. The molecule has 0 saturated heterocycles. The van der Waals surface area contributed by atoms with Gasteiger partial charge in [-0.05, 0) is 49.2 Å². The summed E-state index contributed by atoms with van der Waals surface area (Å²) in [7, 11) is 0.